The Kier molecular flexibility index (Phi) is 4.52. The molecule has 0 spiro atoms. The molecule has 0 aliphatic carbocycles. The third-order valence-electron chi connectivity index (χ3n) is 3.08. The van der Waals surface area contributed by atoms with Crippen LogP contribution < -0.4 is 5.32 Å². The molecule has 1 fully saturated rings. The summed E-state index contributed by atoms with van der Waals surface area (Å²) in [4.78, 5) is 23.8. The highest BCUT2D eigenvalue weighted by Gasteiger charge is 2.29. The van der Waals surface area contributed by atoms with E-state index in [0.717, 1.165) is 6.42 Å². The fourth-order valence-corrected chi connectivity index (χ4v) is 2.06. The molecular weight excluding hydrogens is 246 g/mol. The van der Waals surface area contributed by atoms with Gasteiger partial charge in [0, 0.05) is 6.61 Å². The van der Waals surface area contributed by atoms with Crippen LogP contribution in [0.25, 0.3) is 0 Å². The van der Waals surface area contributed by atoms with E-state index in [9.17, 15) is 9.59 Å². The van der Waals surface area contributed by atoms with E-state index in [1.54, 1.807) is 12.1 Å². The van der Waals surface area contributed by atoms with E-state index in [4.69, 9.17) is 9.47 Å². The molecule has 1 aromatic carbocycles. The lowest BCUT2D eigenvalue weighted by molar-refractivity contribution is -0.146. The van der Waals surface area contributed by atoms with Crippen molar-refractivity contribution in [1.29, 1.82) is 0 Å². The van der Waals surface area contributed by atoms with Crippen molar-refractivity contribution < 1.29 is 19.1 Å². The Morgan fingerprint density at radius 3 is 2.68 bits per heavy atom. The highest BCUT2D eigenvalue weighted by molar-refractivity contribution is 5.87. The molecule has 1 unspecified atom stereocenters. The molecule has 5 nitrogen and oxygen atoms in total. The summed E-state index contributed by atoms with van der Waals surface area (Å²) in [5.41, 5.74) is 0.695. The van der Waals surface area contributed by atoms with Crippen LogP contribution >= 0.6 is 0 Å². The number of methoxy groups -OCH3 is 1. The first kappa shape index (κ1) is 13.5. The third kappa shape index (κ3) is 3.32. The van der Waals surface area contributed by atoms with E-state index in [1.807, 2.05) is 18.2 Å². The van der Waals surface area contributed by atoms with Gasteiger partial charge in [-0.15, -0.1) is 0 Å². The van der Waals surface area contributed by atoms with Crippen LogP contribution in [0.4, 0.5) is 0 Å². The Labute approximate surface area is 111 Å². The molecule has 1 saturated heterocycles. The number of carbonyl (C=O) groups excluding carboxylic acids is 2. The normalized spacial score (nSPS) is 19.7. The monoisotopic (exact) mass is 263 g/mol. The number of amides is 1. The number of ether oxygens (including phenoxy) is 2. The lowest BCUT2D eigenvalue weighted by atomic mass is 10.1. The summed E-state index contributed by atoms with van der Waals surface area (Å²) in [6.07, 6.45) is 1.09. The highest BCUT2D eigenvalue weighted by Crippen LogP contribution is 2.17. The molecule has 19 heavy (non-hydrogen) atoms. The van der Waals surface area contributed by atoms with Crippen molar-refractivity contribution in [2.45, 2.75) is 25.0 Å². The number of rotatable bonds is 4. The fourth-order valence-electron chi connectivity index (χ4n) is 2.06. The molecule has 2 rings (SSSR count). The standard InChI is InChI=1S/C14H17NO4/c1-18-14(17)12(10-6-3-2-4-7-10)15-13(16)11-8-5-9-19-11/h2-4,6-7,11-12H,5,8-9H2,1H3,(H,15,16)/t11-,12?/m0/s1. The van der Waals surface area contributed by atoms with Crippen LogP contribution in [0.1, 0.15) is 24.4 Å². The summed E-state index contributed by atoms with van der Waals surface area (Å²) in [6.45, 7) is 0.590. The molecule has 1 heterocycles. The average Bonchev–Trinajstić information content (AvgIpc) is 2.99. The average molecular weight is 263 g/mol. The summed E-state index contributed by atoms with van der Waals surface area (Å²) in [7, 11) is 1.30. The zero-order chi connectivity index (χ0) is 13.7. The number of esters is 1. The van der Waals surface area contributed by atoms with Crippen LogP contribution in [0.3, 0.4) is 0 Å². The highest BCUT2D eigenvalue weighted by atomic mass is 16.5. The number of benzene rings is 1. The summed E-state index contributed by atoms with van der Waals surface area (Å²) >= 11 is 0. The second-order valence-corrected chi connectivity index (χ2v) is 4.38. The number of hydrogen-bond acceptors (Lipinski definition) is 4. The Morgan fingerprint density at radius 2 is 2.11 bits per heavy atom. The van der Waals surface area contributed by atoms with Crippen LogP contribution in [0.2, 0.25) is 0 Å². The first-order valence-corrected chi connectivity index (χ1v) is 6.27. The number of hydrogen-bond donors (Lipinski definition) is 1. The number of nitrogens with one attached hydrogen (secondary N) is 1. The summed E-state index contributed by atoms with van der Waals surface area (Å²) < 4.78 is 10.0. The first-order valence-electron chi connectivity index (χ1n) is 6.27. The van der Waals surface area contributed by atoms with E-state index >= 15 is 0 Å². The van der Waals surface area contributed by atoms with Gasteiger partial charge in [-0.2, -0.15) is 0 Å². The smallest absolute Gasteiger partial charge is 0.333 e. The van der Waals surface area contributed by atoms with Crippen molar-refractivity contribution in [2.24, 2.45) is 0 Å². The van der Waals surface area contributed by atoms with Gasteiger partial charge in [0.15, 0.2) is 6.04 Å². The zero-order valence-corrected chi connectivity index (χ0v) is 10.8. The van der Waals surface area contributed by atoms with Crippen LogP contribution in [0.5, 0.6) is 0 Å². The molecular formula is C14H17NO4. The minimum atomic E-state index is -0.789. The first-order chi connectivity index (χ1) is 9.22. The minimum absolute atomic E-state index is 0.267. The number of carbonyl (C=O) groups is 2. The SMILES string of the molecule is COC(=O)C(NC(=O)[C@@H]1CCCO1)c1ccccc1. The molecule has 0 radical (unpaired) electrons. The van der Waals surface area contributed by atoms with Gasteiger partial charge < -0.3 is 14.8 Å². The van der Waals surface area contributed by atoms with E-state index in [-0.39, 0.29) is 5.91 Å². The maximum atomic E-state index is 12.0. The Hall–Kier alpha value is -1.88. The van der Waals surface area contributed by atoms with Crippen LogP contribution in [0.15, 0.2) is 30.3 Å². The Balaban J connectivity index is 2.10. The van der Waals surface area contributed by atoms with Gasteiger partial charge >= 0.3 is 5.97 Å². The topological polar surface area (TPSA) is 64.6 Å². The molecule has 1 aliphatic heterocycles. The van der Waals surface area contributed by atoms with Gasteiger partial charge in [-0.05, 0) is 18.4 Å². The molecule has 2 atom stereocenters. The maximum absolute atomic E-state index is 12.0. The minimum Gasteiger partial charge on any atom is -0.467 e. The summed E-state index contributed by atoms with van der Waals surface area (Å²) in [5, 5.41) is 2.69. The zero-order valence-electron chi connectivity index (χ0n) is 10.8. The Bertz CT molecular complexity index is 440. The van der Waals surface area contributed by atoms with Crippen molar-refractivity contribution in [2.75, 3.05) is 13.7 Å². The van der Waals surface area contributed by atoms with Gasteiger partial charge in [-0.25, -0.2) is 4.79 Å². The molecule has 5 heteroatoms. The van der Waals surface area contributed by atoms with Crippen molar-refractivity contribution in [1.82, 2.24) is 5.32 Å². The quantitative estimate of drug-likeness (QED) is 0.829. The second-order valence-electron chi connectivity index (χ2n) is 4.38. The molecule has 1 aromatic rings. The lowest BCUT2D eigenvalue weighted by Gasteiger charge is -2.18. The van der Waals surface area contributed by atoms with E-state index < -0.39 is 18.1 Å². The van der Waals surface area contributed by atoms with Crippen molar-refractivity contribution in [3.8, 4) is 0 Å². The van der Waals surface area contributed by atoms with Crippen molar-refractivity contribution in [3.63, 3.8) is 0 Å². The van der Waals surface area contributed by atoms with Gasteiger partial charge in [0.2, 0.25) is 5.91 Å². The van der Waals surface area contributed by atoms with Gasteiger partial charge in [-0.3, -0.25) is 4.79 Å². The van der Waals surface area contributed by atoms with Crippen molar-refractivity contribution in [3.05, 3.63) is 35.9 Å². The van der Waals surface area contributed by atoms with E-state index in [0.29, 0.717) is 18.6 Å². The summed E-state index contributed by atoms with van der Waals surface area (Å²) in [5.74, 6) is -0.755. The van der Waals surface area contributed by atoms with Gasteiger partial charge in [-0.1, -0.05) is 30.3 Å². The predicted octanol–water partition coefficient (Wildman–Crippen LogP) is 1.20. The van der Waals surface area contributed by atoms with Crippen LogP contribution in [-0.4, -0.2) is 31.7 Å². The molecule has 1 N–H and O–H groups in total. The second kappa shape index (κ2) is 6.33. The summed E-state index contributed by atoms with van der Waals surface area (Å²) in [6, 6.07) is 8.23. The Morgan fingerprint density at radius 1 is 1.37 bits per heavy atom. The largest absolute Gasteiger partial charge is 0.467 e. The van der Waals surface area contributed by atoms with Gasteiger partial charge in [0.05, 0.1) is 7.11 Å². The maximum Gasteiger partial charge on any atom is 0.333 e. The predicted molar refractivity (Wildman–Crippen MR) is 68.3 cm³/mol. The molecule has 1 aliphatic rings. The van der Waals surface area contributed by atoms with Crippen molar-refractivity contribution >= 4 is 11.9 Å². The molecule has 1 amide bonds. The molecule has 0 aromatic heterocycles. The van der Waals surface area contributed by atoms with Gasteiger partial charge in [0.25, 0.3) is 0 Å². The molecule has 0 saturated carbocycles. The third-order valence-corrected chi connectivity index (χ3v) is 3.08. The van der Waals surface area contributed by atoms with Crippen LogP contribution in [0, 0.1) is 0 Å². The van der Waals surface area contributed by atoms with E-state index in [2.05, 4.69) is 5.32 Å². The van der Waals surface area contributed by atoms with Gasteiger partial charge in [0.1, 0.15) is 6.10 Å². The fraction of sp³-hybridized carbons (Fsp3) is 0.429. The lowest BCUT2D eigenvalue weighted by Crippen LogP contribution is -2.40. The van der Waals surface area contributed by atoms with Crippen LogP contribution in [-0.2, 0) is 19.1 Å². The van der Waals surface area contributed by atoms with E-state index in [1.165, 1.54) is 7.11 Å². The molecule has 0 bridgehead atoms. The molecule has 102 valence electrons.